The normalized spacial score (nSPS) is 11.3. The first-order valence-electron chi connectivity index (χ1n) is 4.43. The Morgan fingerprint density at radius 1 is 1.53 bits per heavy atom. The van der Waals surface area contributed by atoms with Crippen LogP contribution in [0.3, 0.4) is 0 Å². The number of carboxylic acid groups (broad SMARTS) is 1. The van der Waals surface area contributed by atoms with Crippen LogP contribution in [0, 0.1) is 6.92 Å². The Morgan fingerprint density at radius 3 is 3.07 bits per heavy atom. The molecular formula is C11H9NO3. The van der Waals surface area contributed by atoms with Crippen molar-refractivity contribution in [2.24, 2.45) is 0 Å². The highest BCUT2D eigenvalue weighted by molar-refractivity contribution is 5.86. The number of aliphatic carboxylic acids is 1. The fourth-order valence-corrected chi connectivity index (χ4v) is 1.33. The third-order valence-electron chi connectivity index (χ3n) is 1.94. The molecule has 0 saturated heterocycles. The molecule has 4 heteroatoms. The lowest BCUT2D eigenvalue weighted by molar-refractivity contribution is -0.131. The van der Waals surface area contributed by atoms with Gasteiger partial charge in [0.05, 0.1) is 0 Å². The Morgan fingerprint density at radius 2 is 2.33 bits per heavy atom. The van der Waals surface area contributed by atoms with Crippen LogP contribution in [0.4, 0.5) is 0 Å². The molecular weight excluding hydrogens is 194 g/mol. The second kappa shape index (κ2) is 3.57. The highest BCUT2D eigenvalue weighted by Crippen LogP contribution is 2.17. The highest BCUT2D eigenvalue weighted by atomic mass is 16.4. The first-order chi connectivity index (χ1) is 7.15. The minimum atomic E-state index is -0.966. The summed E-state index contributed by atoms with van der Waals surface area (Å²) in [6, 6.07) is 5.34. The largest absolute Gasteiger partial charge is 0.478 e. The van der Waals surface area contributed by atoms with E-state index in [0.717, 1.165) is 17.2 Å². The van der Waals surface area contributed by atoms with Gasteiger partial charge in [-0.05, 0) is 23.8 Å². The predicted octanol–water partition coefficient (Wildman–Crippen LogP) is 2.23. The maximum Gasteiger partial charge on any atom is 0.328 e. The summed E-state index contributed by atoms with van der Waals surface area (Å²) >= 11 is 0. The minimum absolute atomic E-state index is 0.601. The average molecular weight is 203 g/mol. The van der Waals surface area contributed by atoms with Gasteiger partial charge >= 0.3 is 5.97 Å². The summed E-state index contributed by atoms with van der Waals surface area (Å²) in [5.74, 6) is -0.365. The number of fused-ring (bicyclic) bond motifs is 1. The molecule has 1 aromatic carbocycles. The lowest BCUT2D eigenvalue weighted by Crippen LogP contribution is -1.85. The van der Waals surface area contributed by atoms with Gasteiger partial charge in [0.15, 0.2) is 11.5 Å². The SMILES string of the molecule is Cc1nc2cc(C=CC(=O)O)ccc2o1. The number of aromatic nitrogens is 1. The van der Waals surface area contributed by atoms with Crippen molar-refractivity contribution in [3.05, 3.63) is 35.7 Å². The van der Waals surface area contributed by atoms with E-state index in [2.05, 4.69) is 4.98 Å². The molecule has 0 radical (unpaired) electrons. The molecule has 4 nitrogen and oxygen atoms in total. The van der Waals surface area contributed by atoms with Crippen LogP contribution in [0.15, 0.2) is 28.7 Å². The van der Waals surface area contributed by atoms with Gasteiger partial charge in [0.1, 0.15) is 5.52 Å². The fraction of sp³-hybridized carbons (Fsp3) is 0.0909. The molecule has 0 bridgehead atoms. The lowest BCUT2D eigenvalue weighted by atomic mass is 10.2. The number of hydrogen-bond acceptors (Lipinski definition) is 3. The number of oxazole rings is 1. The summed E-state index contributed by atoms with van der Waals surface area (Å²) in [6.07, 6.45) is 2.61. The summed E-state index contributed by atoms with van der Waals surface area (Å²) < 4.78 is 5.30. The quantitative estimate of drug-likeness (QED) is 0.760. The molecule has 76 valence electrons. The maximum atomic E-state index is 10.3. The van der Waals surface area contributed by atoms with Crippen LogP contribution in [0.25, 0.3) is 17.2 Å². The molecule has 0 atom stereocenters. The van der Waals surface area contributed by atoms with Crippen molar-refractivity contribution in [3.8, 4) is 0 Å². The molecule has 0 fully saturated rings. The van der Waals surface area contributed by atoms with E-state index in [-0.39, 0.29) is 0 Å². The number of rotatable bonds is 2. The monoisotopic (exact) mass is 203 g/mol. The number of carboxylic acids is 1. The van der Waals surface area contributed by atoms with E-state index >= 15 is 0 Å². The van der Waals surface area contributed by atoms with E-state index in [9.17, 15) is 4.79 Å². The summed E-state index contributed by atoms with van der Waals surface area (Å²) in [7, 11) is 0. The van der Waals surface area contributed by atoms with Crippen LogP contribution in [-0.2, 0) is 4.79 Å². The second-order valence-corrected chi connectivity index (χ2v) is 3.13. The third-order valence-corrected chi connectivity index (χ3v) is 1.94. The minimum Gasteiger partial charge on any atom is -0.478 e. The molecule has 0 unspecified atom stereocenters. The van der Waals surface area contributed by atoms with E-state index in [1.165, 1.54) is 6.08 Å². The van der Waals surface area contributed by atoms with Gasteiger partial charge in [-0.25, -0.2) is 9.78 Å². The Labute approximate surface area is 85.9 Å². The van der Waals surface area contributed by atoms with Crippen molar-refractivity contribution in [1.29, 1.82) is 0 Å². The van der Waals surface area contributed by atoms with Gasteiger partial charge in [0.2, 0.25) is 0 Å². The molecule has 0 aliphatic carbocycles. The number of aryl methyl sites for hydroxylation is 1. The lowest BCUT2D eigenvalue weighted by Gasteiger charge is -1.90. The zero-order chi connectivity index (χ0) is 10.8. The molecule has 0 aliphatic heterocycles. The summed E-state index contributed by atoms with van der Waals surface area (Å²) in [6.45, 7) is 1.77. The molecule has 1 aromatic heterocycles. The molecule has 15 heavy (non-hydrogen) atoms. The topological polar surface area (TPSA) is 63.3 Å². The van der Waals surface area contributed by atoms with Crippen LogP contribution >= 0.6 is 0 Å². The van der Waals surface area contributed by atoms with Crippen LogP contribution in [0.2, 0.25) is 0 Å². The van der Waals surface area contributed by atoms with Gasteiger partial charge in [-0.1, -0.05) is 6.07 Å². The Balaban J connectivity index is 2.42. The zero-order valence-corrected chi connectivity index (χ0v) is 8.10. The molecule has 1 N–H and O–H groups in total. The van der Waals surface area contributed by atoms with Crippen LogP contribution in [0.1, 0.15) is 11.5 Å². The molecule has 2 aromatic rings. The fourth-order valence-electron chi connectivity index (χ4n) is 1.33. The van der Waals surface area contributed by atoms with Gasteiger partial charge in [-0.3, -0.25) is 0 Å². The first-order valence-corrected chi connectivity index (χ1v) is 4.43. The second-order valence-electron chi connectivity index (χ2n) is 3.13. The molecule has 0 saturated carbocycles. The summed E-state index contributed by atoms with van der Waals surface area (Å²) in [4.78, 5) is 14.5. The van der Waals surface area contributed by atoms with E-state index in [4.69, 9.17) is 9.52 Å². The average Bonchev–Trinajstić information content (AvgIpc) is 2.53. The molecule has 0 spiro atoms. The number of nitrogens with zero attached hydrogens (tertiary/aromatic N) is 1. The molecule has 1 heterocycles. The standard InChI is InChI=1S/C11H9NO3/c1-7-12-9-6-8(3-5-11(13)14)2-4-10(9)15-7/h2-6H,1H3,(H,13,14). The van der Waals surface area contributed by atoms with Crippen molar-refractivity contribution in [1.82, 2.24) is 4.98 Å². The van der Waals surface area contributed by atoms with Crippen molar-refractivity contribution in [3.63, 3.8) is 0 Å². The van der Waals surface area contributed by atoms with E-state index in [1.807, 2.05) is 0 Å². The third kappa shape index (κ3) is 2.04. The molecule has 2 rings (SSSR count). The van der Waals surface area contributed by atoms with E-state index in [0.29, 0.717) is 11.5 Å². The smallest absolute Gasteiger partial charge is 0.328 e. The Bertz CT molecular complexity index is 540. The van der Waals surface area contributed by atoms with Crippen molar-refractivity contribution in [2.75, 3.05) is 0 Å². The number of hydrogen-bond donors (Lipinski definition) is 1. The van der Waals surface area contributed by atoms with Crippen molar-refractivity contribution in [2.45, 2.75) is 6.92 Å². The first kappa shape index (κ1) is 9.45. The van der Waals surface area contributed by atoms with Gasteiger partial charge in [0, 0.05) is 13.0 Å². The number of benzene rings is 1. The predicted molar refractivity (Wildman–Crippen MR) is 55.4 cm³/mol. The Kier molecular flexibility index (Phi) is 2.25. The van der Waals surface area contributed by atoms with E-state index < -0.39 is 5.97 Å². The van der Waals surface area contributed by atoms with Gasteiger partial charge in [0.25, 0.3) is 0 Å². The van der Waals surface area contributed by atoms with E-state index in [1.54, 1.807) is 25.1 Å². The summed E-state index contributed by atoms with van der Waals surface area (Å²) in [5.41, 5.74) is 2.23. The zero-order valence-electron chi connectivity index (χ0n) is 8.10. The Hall–Kier alpha value is -2.10. The van der Waals surface area contributed by atoms with Gasteiger partial charge in [-0.15, -0.1) is 0 Å². The van der Waals surface area contributed by atoms with Crippen LogP contribution < -0.4 is 0 Å². The highest BCUT2D eigenvalue weighted by Gasteiger charge is 2.01. The van der Waals surface area contributed by atoms with Gasteiger partial charge in [-0.2, -0.15) is 0 Å². The summed E-state index contributed by atoms with van der Waals surface area (Å²) in [5, 5.41) is 8.47. The van der Waals surface area contributed by atoms with Crippen LogP contribution in [-0.4, -0.2) is 16.1 Å². The van der Waals surface area contributed by atoms with Crippen molar-refractivity contribution < 1.29 is 14.3 Å². The number of carbonyl (C=O) groups is 1. The maximum absolute atomic E-state index is 10.3. The van der Waals surface area contributed by atoms with Crippen molar-refractivity contribution >= 4 is 23.1 Å². The molecule has 0 aliphatic rings. The molecule has 0 amide bonds. The van der Waals surface area contributed by atoms with Gasteiger partial charge < -0.3 is 9.52 Å². The van der Waals surface area contributed by atoms with Crippen LogP contribution in [0.5, 0.6) is 0 Å².